The van der Waals surface area contributed by atoms with Crippen LogP contribution in [0.4, 0.5) is 0 Å². The lowest BCUT2D eigenvalue weighted by Gasteiger charge is -2.20. The lowest BCUT2D eigenvalue weighted by molar-refractivity contribution is 0.173. The predicted octanol–water partition coefficient (Wildman–Crippen LogP) is 7.09. The molecule has 6 heteroatoms. The van der Waals surface area contributed by atoms with Gasteiger partial charge in [0.05, 0.1) is 0 Å². The zero-order chi connectivity index (χ0) is 25.7. The Hall–Kier alpha value is -2.44. The van der Waals surface area contributed by atoms with E-state index in [4.69, 9.17) is 18.9 Å². The monoisotopic (exact) mass is 510 g/mol. The van der Waals surface area contributed by atoms with Crippen LogP contribution < -0.4 is 29.6 Å². The van der Waals surface area contributed by atoms with Gasteiger partial charge in [0.2, 0.25) is 13.6 Å². The number of hydrogen-bond acceptors (Lipinski definition) is 6. The third-order valence-electron chi connectivity index (χ3n) is 7.48. The van der Waals surface area contributed by atoms with Crippen molar-refractivity contribution >= 4 is 0 Å². The topological polar surface area (TPSA) is 61.0 Å². The molecule has 2 unspecified atom stereocenters. The van der Waals surface area contributed by atoms with E-state index in [0.29, 0.717) is 25.7 Å². The van der Waals surface area contributed by atoms with Crippen molar-refractivity contribution in [1.29, 1.82) is 0 Å². The minimum atomic E-state index is 0.332. The van der Waals surface area contributed by atoms with Gasteiger partial charge in [-0.2, -0.15) is 0 Å². The van der Waals surface area contributed by atoms with Crippen LogP contribution in [0.15, 0.2) is 36.4 Å². The molecule has 0 amide bonds. The summed E-state index contributed by atoms with van der Waals surface area (Å²) in [6.45, 7) is 6.99. The van der Waals surface area contributed by atoms with Gasteiger partial charge in [-0.25, -0.2) is 0 Å². The highest BCUT2D eigenvalue weighted by Gasteiger charge is 2.16. The Morgan fingerprint density at radius 1 is 0.568 bits per heavy atom. The zero-order valence-corrected chi connectivity index (χ0v) is 22.9. The van der Waals surface area contributed by atoms with E-state index in [-0.39, 0.29) is 0 Å². The first-order valence-corrected chi connectivity index (χ1v) is 14.5. The van der Waals surface area contributed by atoms with Gasteiger partial charge in [0, 0.05) is 25.2 Å². The number of ether oxygens (including phenoxy) is 4. The van der Waals surface area contributed by atoms with Crippen molar-refractivity contribution < 1.29 is 18.9 Å². The summed E-state index contributed by atoms with van der Waals surface area (Å²) in [5, 5.41) is 7.64. The highest BCUT2D eigenvalue weighted by Crippen LogP contribution is 2.33. The molecule has 0 fully saturated rings. The summed E-state index contributed by atoms with van der Waals surface area (Å²) in [5.41, 5.74) is 2.52. The molecule has 0 spiro atoms. The maximum atomic E-state index is 5.54. The molecule has 2 atom stereocenters. The largest absolute Gasteiger partial charge is 0.454 e. The molecule has 0 bridgehead atoms. The lowest BCUT2D eigenvalue weighted by atomic mass is 9.99. The van der Waals surface area contributed by atoms with Crippen LogP contribution in [0.1, 0.15) is 95.6 Å². The van der Waals surface area contributed by atoms with Crippen molar-refractivity contribution in [3.8, 4) is 23.0 Å². The molecule has 2 N–H and O–H groups in total. The van der Waals surface area contributed by atoms with E-state index in [9.17, 15) is 0 Å². The molecule has 204 valence electrons. The molecule has 6 nitrogen and oxygen atoms in total. The van der Waals surface area contributed by atoms with Crippen LogP contribution in [0.2, 0.25) is 0 Å². The van der Waals surface area contributed by atoms with Crippen molar-refractivity contribution in [3.63, 3.8) is 0 Å². The number of nitrogens with one attached hydrogen (secondary N) is 2. The fourth-order valence-electron chi connectivity index (χ4n) is 5.18. The predicted molar refractivity (Wildman–Crippen MR) is 149 cm³/mol. The molecule has 2 aliphatic rings. The fourth-order valence-corrected chi connectivity index (χ4v) is 5.18. The summed E-state index contributed by atoms with van der Waals surface area (Å²) in [6.07, 6.45) is 13.9. The van der Waals surface area contributed by atoms with Gasteiger partial charge in [-0.3, -0.25) is 0 Å². The first-order valence-electron chi connectivity index (χ1n) is 14.5. The summed E-state index contributed by atoms with van der Waals surface area (Å²) in [5.74, 6) is 3.45. The van der Waals surface area contributed by atoms with Crippen LogP contribution in [-0.4, -0.2) is 25.7 Å². The number of fused-ring (bicyclic) bond motifs is 2. The lowest BCUT2D eigenvalue weighted by Crippen LogP contribution is -2.29. The van der Waals surface area contributed by atoms with Gasteiger partial charge in [0.15, 0.2) is 23.0 Å². The Morgan fingerprint density at radius 3 is 1.46 bits per heavy atom. The van der Waals surface area contributed by atoms with Crippen LogP contribution in [0, 0.1) is 0 Å². The van der Waals surface area contributed by atoms with Gasteiger partial charge >= 0.3 is 0 Å². The maximum absolute atomic E-state index is 5.54. The van der Waals surface area contributed by atoms with Crippen molar-refractivity contribution in [2.45, 2.75) is 110 Å². The minimum absolute atomic E-state index is 0.332. The van der Waals surface area contributed by atoms with Gasteiger partial charge < -0.3 is 29.6 Å². The highest BCUT2D eigenvalue weighted by molar-refractivity contribution is 5.45. The smallest absolute Gasteiger partial charge is 0.231 e. The minimum Gasteiger partial charge on any atom is -0.454 e. The van der Waals surface area contributed by atoms with Crippen LogP contribution in [0.5, 0.6) is 23.0 Å². The normalized spacial score (nSPS) is 15.2. The average Bonchev–Trinajstić information content (AvgIpc) is 3.59. The van der Waals surface area contributed by atoms with Gasteiger partial charge in [-0.1, -0.05) is 70.9 Å². The van der Waals surface area contributed by atoms with E-state index in [1.54, 1.807) is 0 Å². The summed E-state index contributed by atoms with van der Waals surface area (Å²) >= 11 is 0. The Morgan fingerprint density at radius 2 is 1.00 bits per heavy atom. The first kappa shape index (κ1) is 27.6. The molecule has 0 saturated carbocycles. The first-order chi connectivity index (χ1) is 18.2. The molecule has 2 aromatic rings. The number of hydrogen-bond donors (Lipinski definition) is 2. The molecule has 2 aromatic carbocycles. The van der Waals surface area contributed by atoms with Crippen LogP contribution in [0.3, 0.4) is 0 Å². The Balaban J connectivity index is 1.16. The number of rotatable bonds is 18. The molecular weight excluding hydrogens is 464 g/mol. The summed E-state index contributed by atoms with van der Waals surface area (Å²) in [7, 11) is 0. The van der Waals surface area contributed by atoms with E-state index in [2.05, 4.69) is 48.7 Å². The number of unbranched alkanes of at least 4 members (excludes halogenated alkanes) is 4. The molecular formula is C31H46N2O4. The van der Waals surface area contributed by atoms with E-state index < -0.39 is 0 Å². The van der Waals surface area contributed by atoms with E-state index in [0.717, 1.165) is 36.1 Å². The SMILES string of the molecule is CCCCC(CCCCCC(CCCC)NCc1ccc2c(c1)OCO2)NCc1ccc2c(c1)OCO2. The van der Waals surface area contributed by atoms with Crippen LogP contribution >= 0.6 is 0 Å². The second-order valence-corrected chi connectivity index (χ2v) is 10.5. The molecule has 0 radical (unpaired) electrons. The van der Waals surface area contributed by atoms with Crippen LogP contribution in [-0.2, 0) is 13.1 Å². The molecule has 2 heterocycles. The van der Waals surface area contributed by atoms with E-state index in [1.165, 1.54) is 81.8 Å². The Bertz CT molecular complexity index is 875. The van der Waals surface area contributed by atoms with Crippen molar-refractivity contribution in [1.82, 2.24) is 10.6 Å². The van der Waals surface area contributed by atoms with Gasteiger partial charge in [0.1, 0.15) is 0 Å². The summed E-state index contributed by atoms with van der Waals surface area (Å²) < 4.78 is 22.0. The molecule has 0 saturated heterocycles. The maximum Gasteiger partial charge on any atom is 0.231 e. The van der Waals surface area contributed by atoms with Gasteiger partial charge in [-0.15, -0.1) is 0 Å². The average molecular weight is 511 g/mol. The van der Waals surface area contributed by atoms with Crippen molar-refractivity contribution in [3.05, 3.63) is 47.5 Å². The third kappa shape index (κ3) is 8.82. The van der Waals surface area contributed by atoms with Gasteiger partial charge in [0.25, 0.3) is 0 Å². The molecule has 37 heavy (non-hydrogen) atoms. The quantitative estimate of drug-likeness (QED) is 0.209. The zero-order valence-electron chi connectivity index (χ0n) is 22.9. The summed E-state index contributed by atoms with van der Waals surface area (Å²) in [4.78, 5) is 0. The molecule has 0 aromatic heterocycles. The second-order valence-electron chi connectivity index (χ2n) is 10.5. The van der Waals surface area contributed by atoms with Gasteiger partial charge in [-0.05, 0) is 61.1 Å². The molecule has 2 aliphatic heterocycles. The van der Waals surface area contributed by atoms with Crippen molar-refractivity contribution in [2.24, 2.45) is 0 Å². The Kier molecular flexibility index (Phi) is 11.3. The van der Waals surface area contributed by atoms with Crippen molar-refractivity contribution in [2.75, 3.05) is 13.6 Å². The standard InChI is InChI=1S/C31H46N2O4/c1-3-5-10-26(32-20-24-14-16-28-30(18-24)36-22-34-28)12-8-7-9-13-27(11-6-4-2)33-21-25-15-17-29-31(19-25)37-23-35-29/h14-19,26-27,32-33H,3-13,20-23H2,1-2H3. The van der Waals surface area contributed by atoms with E-state index in [1.807, 2.05) is 12.1 Å². The fraction of sp³-hybridized carbons (Fsp3) is 0.613. The molecule has 0 aliphatic carbocycles. The summed E-state index contributed by atoms with van der Waals surface area (Å²) in [6, 6.07) is 13.7. The highest BCUT2D eigenvalue weighted by atomic mass is 16.7. The van der Waals surface area contributed by atoms with E-state index >= 15 is 0 Å². The number of benzene rings is 2. The third-order valence-corrected chi connectivity index (χ3v) is 7.48. The van der Waals surface area contributed by atoms with Crippen LogP contribution in [0.25, 0.3) is 0 Å². The molecule has 4 rings (SSSR count). The second kappa shape index (κ2) is 15.1. The Labute approximate surface area is 223 Å².